The third-order valence-corrected chi connectivity index (χ3v) is 18.7. The minimum atomic E-state index is -0.708. The first kappa shape index (κ1) is 43.3. The van der Waals surface area contributed by atoms with Gasteiger partial charge in [-0.1, -0.05) is 241 Å². The molecule has 0 unspecified atom stereocenters. The maximum Gasteiger partial charge on any atom is 0.252 e. The summed E-state index contributed by atoms with van der Waals surface area (Å²) in [6, 6.07) is 68.0. The molecule has 2 aliphatic rings. The molecule has 0 fully saturated rings. The van der Waals surface area contributed by atoms with Gasteiger partial charge in [-0.25, -0.2) is 0 Å². The van der Waals surface area contributed by atoms with Gasteiger partial charge in [0.25, 0.3) is 6.71 Å². The van der Waals surface area contributed by atoms with Crippen LogP contribution in [0.4, 0.5) is 34.1 Å². The Labute approximate surface area is 562 Å². The summed E-state index contributed by atoms with van der Waals surface area (Å²) < 4.78 is 124. The topological polar surface area (TPSA) is 40.1 Å². The Hall–Kier alpha value is -11.4. The van der Waals surface area contributed by atoms with E-state index in [0.29, 0.717) is 45.3 Å². The van der Waals surface area contributed by atoms with Gasteiger partial charge in [0.15, 0.2) is 0 Å². The zero-order valence-electron chi connectivity index (χ0n) is 65.0. The van der Waals surface area contributed by atoms with Crippen molar-refractivity contribution in [2.24, 2.45) is 0 Å². The summed E-state index contributed by atoms with van der Waals surface area (Å²) in [6.45, 7) is 12.5. The molecular formula is C87H66BN5. The summed E-state index contributed by atoms with van der Waals surface area (Å²) in [5, 5.41) is 13.4. The highest BCUT2D eigenvalue weighted by Crippen LogP contribution is 2.50. The molecule has 15 aromatic rings. The molecule has 0 bridgehead atoms. The lowest BCUT2D eigenvalue weighted by atomic mass is 9.33. The molecule has 5 nitrogen and oxygen atoms in total. The summed E-state index contributed by atoms with van der Waals surface area (Å²) in [5.74, 6) is 0. The second-order valence-corrected chi connectivity index (χ2v) is 26.4. The summed E-state index contributed by atoms with van der Waals surface area (Å²) in [6.07, 6.45) is 0. The molecule has 6 heteroatoms. The van der Waals surface area contributed by atoms with Gasteiger partial charge in [-0.3, -0.25) is 0 Å². The van der Waals surface area contributed by atoms with Crippen LogP contribution < -0.4 is 26.2 Å². The number of benzene rings is 13. The minimum Gasteiger partial charge on any atom is -0.311 e. The Bertz CT molecular complexity index is 6140. The van der Waals surface area contributed by atoms with E-state index in [1.54, 1.807) is 10.6 Å². The van der Waals surface area contributed by atoms with Crippen molar-refractivity contribution in [1.82, 2.24) is 9.13 Å². The lowest BCUT2D eigenvalue weighted by Gasteiger charge is -2.45. The molecule has 17 rings (SSSR count). The number of para-hydroxylation sites is 4. The maximum absolute atomic E-state index is 11.5. The van der Waals surface area contributed by atoms with Crippen LogP contribution in [-0.4, -0.2) is 15.8 Å². The number of nitriles is 1. The van der Waals surface area contributed by atoms with E-state index in [2.05, 4.69) is 165 Å². The van der Waals surface area contributed by atoms with Crippen molar-refractivity contribution in [2.75, 3.05) is 9.80 Å². The molecule has 13 aromatic carbocycles. The van der Waals surface area contributed by atoms with Gasteiger partial charge in [0, 0.05) is 67.0 Å². The molecule has 0 aliphatic carbocycles. The third-order valence-electron chi connectivity index (χ3n) is 18.7. The highest BCUT2D eigenvalue weighted by atomic mass is 15.2. The Morgan fingerprint density at radius 2 is 0.796 bits per heavy atom. The standard InChI is InChI=1S/C87H66BN5/c1-86(2,3)65-45-63(46-66(52-65)87(4,5)6)64-50-83-85-84(51-64)93(70-47-61(58-26-12-8-13-27-58)44-62(48-70)59-28-14-9-15-29-59)82-54-67(90-77-34-20-16-30-71(77)72-31-17-21-35-78(72)90)39-41-76(82)88(85)75-40-38-60(57-24-10-7-11-25-57)49-81(75)92(83)69-43-56(55-89)42-68(53-69)91-79-36-22-18-32-73(79)74-33-19-23-37-80(74)91/h7-54H,1-6H3/i7D,10D,11D,16D,17D,20D,21D,24D,25D,30D,31D,34D,35D. The van der Waals surface area contributed by atoms with E-state index >= 15 is 0 Å². The molecule has 4 heterocycles. The van der Waals surface area contributed by atoms with E-state index < -0.39 is 73.2 Å². The van der Waals surface area contributed by atoms with Crippen molar-refractivity contribution in [1.29, 1.82) is 5.26 Å². The van der Waals surface area contributed by atoms with Gasteiger partial charge in [0.1, 0.15) is 0 Å². The van der Waals surface area contributed by atoms with Crippen molar-refractivity contribution in [3.8, 4) is 62.0 Å². The van der Waals surface area contributed by atoms with Gasteiger partial charge < -0.3 is 18.9 Å². The minimum absolute atomic E-state index is 0.00561. The zero-order valence-corrected chi connectivity index (χ0v) is 52.0. The highest BCUT2D eigenvalue weighted by Gasteiger charge is 2.45. The highest BCUT2D eigenvalue weighted by molar-refractivity contribution is 7.00. The van der Waals surface area contributed by atoms with Crippen LogP contribution in [0.25, 0.3) is 99.5 Å². The van der Waals surface area contributed by atoms with Gasteiger partial charge in [0.2, 0.25) is 0 Å². The summed E-state index contributed by atoms with van der Waals surface area (Å²) in [5.41, 5.74) is 16.6. The molecular weight excluding hydrogens is 1130 g/mol. The Kier molecular flexibility index (Phi) is 9.96. The number of aromatic nitrogens is 2. The number of rotatable bonds is 8. The average Bonchev–Trinajstić information content (AvgIpc) is 1.14. The van der Waals surface area contributed by atoms with Crippen LogP contribution in [-0.2, 0) is 10.8 Å². The smallest absolute Gasteiger partial charge is 0.252 e. The van der Waals surface area contributed by atoms with Crippen LogP contribution >= 0.6 is 0 Å². The van der Waals surface area contributed by atoms with Gasteiger partial charge in [-0.05, 0) is 174 Å². The SMILES string of the molecule is [2H]c1c([2H])c([2H])c(-c2ccc3c(c2)N(c2cc(C#N)cc(-n4c5ccccc5c5ccccc54)c2)c2cc(-c4cc(C(C)(C)C)cc(C(C)(C)C)c4)cc4c2B3c2ccc(-n3c5c([2H])c([2H])c([2H])c([2H])c5c5c([2H])c([2H])c([2H])c([2H])c53)cc2N4c2cc(-c3ccccc3)cc(-c3ccccc3)c2)c([2H])c1[2H]. The quantitative estimate of drug-likeness (QED) is 0.142. The van der Waals surface area contributed by atoms with Crippen molar-refractivity contribution in [3.05, 3.63) is 308 Å². The van der Waals surface area contributed by atoms with E-state index in [1.165, 1.54) is 0 Å². The van der Waals surface area contributed by atoms with Crippen LogP contribution in [0.2, 0.25) is 0 Å². The molecule has 0 amide bonds. The molecule has 93 heavy (non-hydrogen) atoms. The first-order valence-corrected chi connectivity index (χ1v) is 31.3. The monoisotopic (exact) mass is 1200 g/mol. The van der Waals surface area contributed by atoms with Crippen molar-refractivity contribution >= 4 is 101 Å². The Morgan fingerprint density at radius 1 is 0.333 bits per heavy atom. The normalized spacial score (nSPS) is 14.7. The number of nitrogens with zero attached hydrogens (tertiary/aromatic N) is 5. The Morgan fingerprint density at radius 3 is 1.37 bits per heavy atom. The number of anilines is 6. The van der Waals surface area contributed by atoms with E-state index in [-0.39, 0.29) is 50.3 Å². The average molecular weight is 1210 g/mol. The van der Waals surface area contributed by atoms with Gasteiger partial charge >= 0.3 is 0 Å². The first-order chi connectivity index (χ1) is 50.7. The molecule has 2 aromatic heterocycles. The summed E-state index contributed by atoms with van der Waals surface area (Å²) in [4.78, 5) is 4.40. The molecule has 442 valence electrons. The molecule has 0 atom stereocenters. The second kappa shape index (κ2) is 21.4. The molecule has 0 spiro atoms. The van der Waals surface area contributed by atoms with Crippen molar-refractivity contribution in [3.63, 3.8) is 0 Å². The van der Waals surface area contributed by atoms with E-state index in [4.69, 9.17) is 9.60 Å². The lowest BCUT2D eigenvalue weighted by Crippen LogP contribution is -2.61. The summed E-state index contributed by atoms with van der Waals surface area (Å²) >= 11 is 0. The number of fused-ring (bicyclic) bond motifs is 10. The number of hydrogen-bond acceptors (Lipinski definition) is 3. The first-order valence-electron chi connectivity index (χ1n) is 37.8. The number of hydrogen-bond donors (Lipinski definition) is 0. The molecule has 0 saturated carbocycles. The van der Waals surface area contributed by atoms with E-state index in [9.17, 15) is 13.5 Å². The van der Waals surface area contributed by atoms with Gasteiger partial charge in [-0.15, -0.1) is 0 Å². The third kappa shape index (κ3) is 9.21. The van der Waals surface area contributed by atoms with E-state index in [0.717, 1.165) is 94.1 Å². The Balaban J connectivity index is 1.06. The fourth-order valence-electron chi connectivity index (χ4n) is 14.2. The maximum atomic E-state index is 11.5. The van der Waals surface area contributed by atoms with Crippen molar-refractivity contribution in [2.45, 2.75) is 52.4 Å². The van der Waals surface area contributed by atoms with E-state index in [1.807, 2.05) is 103 Å². The molecule has 0 radical (unpaired) electrons. The second-order valence-electron chi connectivity index (χ2n) is 26.4. The zero-order chi connectivity index (χ0) is 74.2. The fraction of sp³-hybridized carbons (Fsp3) is 0.0920. The summed E-state index contributed by atoms with van der Waals surface area (Å²) in [7, 11) is 0. The van der Waals surface area contributed by atoms with Gasteiger partial charge in [0.05, 0.1) is 51.5 Å². The van der Waals surface area contributed by atoms with Crippen LogP contribution in [0.1, 0.15) is 76.1 Å². The van der Waals surface area contributed by atoms with Crippen LogP contribution in [0.3, 0.4) is 0 Å². The fourth-order valence-corrected chi connectivity index (χ4v) is 14.2. The van der Waals surface area contributed by atoms with Crippen molar-refractivity contribution < 1.29 is 17.8 Å². The predicted octanol–water partition coefficient (Wildman–Crippen LogP) is 21.1. The van der Waals surface area contributed by atoms with Crippen LogP contribution in [0.5, 0.6) is 0 Å². The molecule has 0 saturated heterocycles. The van der Waals surface area contributed by atoms with Crippen LogP contribution in [0, 0.1) is 11.3 Å². The molecule has 0 N–H and O–H groups in total. The molecule has 2 aliphatic heterocycles. The largest absolute Gasteiger partial charge is 0.311 e. The lowest BCUT2D eigenvalue weighted by molar-refractivity contribution is 0.569. The predicted molar refractivity (Wildman–Crippen MR) is 393 cm³/mol. The van der Waals surface area contributed by atoms with Crippen LogP contribution in [0.15, 0.2) is 291 Å². The van der Waals surface area contributed by atoms with Gasteiger partial charge in [-0.2, -0.15) is 5.26 Å².